The molecule has 2 heterocycles. The minimum Gasteiger partial charge on any atom is -0.310 e. The summed E-state index contributed by atoms with van der Waals surface area (Å²) in [6.07, 6.45) is 0. The Balaban J connectivity index is 1.79. The van der Waals surface area contributed by atoms with Gasteiger partial charge in [0.2, 0.25) is 0 Å². The second kappa shape index (κ2) is 6.93. The number of rotatable bonds is 6. The van der Waals surface area contributed by atoms with Crippen molar-refractivity contribution < 1.29 is 0 Å². The summed E-state index contributed by atoms with van der Waals surface area (Å²) in [5, 5.41) is 15.1. The minimum absolute atomic E-state index is 0.749. The molecule has 0 radical (unpaired) electrons. The lowest BCUT2D eigenvalue weighted by molar-refractivity contribution is 0.281. The predicted molar refractivity (Wildman–Crippen MR) is 69.0 cm³/mol. The number of nitrogens with zero attached hydrogens (tertiary/aromatic N) is 5. The number of hydrogen-bond donors (Lipinski definition) is 1. The molecular weight excluding hydrogens is 236 g/mol. The van der Waals surface area contributed by atoms with Crippen LogP contribution in [0.3, 0.4) is 0 Å². The summed E-state index contributed by atoms with van der Waals surface area (Å²) in [5.41, 5.74) is 0. The molecule has 6 nitrogen and oxygen atoms in total. The van der Waals surface area contributed by atoms with Crippen LogP contribution in [0.4, 0.5) is 0 Å². The molecule has 1 aliphatic rings. The zero-order chi connectivity index (χ0) is 11.9. The van der Waals surface area contributed by atoms with Crippen molar-refractivity contribution in [3.8, 4) is 0 Å². The maximum Gasteiger partial charge on any atom is 0.165 e. The summed E-state index contributed by atoms with van der Waals surface area (Å²) in [7, 11) is 0. The second-order valence-electron chi connectivity index (χ2n) is 4.05. The van der Waals surface area contributed by atoms with E-state index in [9.17, 15) is 0 Å². The molecule has 1 aromatic heterocycles. The van der Waals surface area contributed by atoms with Crippen LogP contribution in [0.15, 0.2) is 0 Å². The first kappa shape index (κ1) is 12.8. The molecule has 0 bridgehead atoms. The van der Waals surface area contributed by atoms with Gasteiger partial charge in [-0.2, -0.15) is 11.8 Å². The Bertz CT molecular complexity index is 322. The number of thioether (sulfide) groups is 1. The highest BCUT2D eigenvalue weighted by Crippen LogP contribution is 2.08. The third kappa shape index (κ3) is 3.93. The van der Waals surface area contributed by atoms with Gasteiger partial charge in [-0.1, -0.05) is 6.92 Å². The molecule has 2 rings (SSSR count). The van der Waals surface area contributed by atoms with E-state index >= 15 is 0 Å². The molecule has 0 unspecified atom stereocenters. The second-order valence-corrected chi connectivity index (χ2v) is 5.28. The zero-order valence-corrected chi connectivity index (χ0v) is 11.1. The van der Waals surface area contributed by atoms with Crippen LogP contribution in [0.25, 0.3) is 0 Å². The van der Waals surface area contributed by atoms with Crippen LogP contribution < -0.4 is 5.32 Å². The molecular formula is C10H20N6S. The van der Waals surface area contributed by atoms with Gasteiger partial charge >= 0.3 is 0 Å². The van der Waals surface area contributed by atoms with Gasteiger partial charge in [0.15, 0.2) is 5.82 Å². The minimum atomic E-state index is 0.749. The van der Waals surface area contributed by atoms with Crippen molar-refractivity contribution in [2.45, 2.75) is 20.0 Å². The standard InChI is InChI=1S/C10H20N6S/c1-2-11-9-10-12-13-14-16(10)4-3-15-5-7-17-8-6-15/h11H,2-9H2,1H3. The summed E-state index contributed by atoms with van der Waals surface area (Å²) in [6, 6.07) is 0. The zero-order valence-electron chi connectivity index (χ0n) is 10.3. The van der Waals surface area contributed by atoms with Crippen LogP contribution in [0.5, 0.6) is 0 Å². The molecule has 0 aromatic carbocycles. The molecule has 0 aliphatic carbocycles. The summed E-state index contributed by atoms with van der Waals surface area (Å²) in [6.45, 7) is 8.09. The molecule has 1 aliphatic heterocycles. The molecule has 7 heteroatoms. The Morgan fingerprint density at radius 1 is 1.29 bits per heavy atom. The fourth-order valence-electron chi connectivity index (χ4n) is 1.82. The van der Waals surface area contributed by atoms with Crippen LogP contribution in [0, 0.1) is 0 Å². The van der Waals surface area contributed by atoms with Crippen molar-refractivity contribution in [2.75, 3.05) is 37.7 Å². The van der Waals surface area contributed by atoms with E-state index in [0.717, 1.165) is 32.0 Å². The molecule has 1 saturated heterocycles. The largest absolute Gasteiger partial charge is 0.310 e. The van der Waals surface area contributed by atoms with Crippen LogP contribution in [0.2, 0.25) is 0 Å². The molecule has 0 amide bonds. The van der Waals surface area contributed by atoms with Crippen molar-refractivity contribution in [3.63, 3.8) is 0 Å². The van der Waals surface area contributed by atoms with Crippen molar-refractivity contribution >= 4 is 11.8 Å². The normalized spacial score (nSPS) is 17.5. The van der Waals surface area contributed by atoms with Crippen LogP contribution in [-0.2, 0) is 13.1 Å². The molecule has 0 saturated carbocycles. The fraction of sp³-hybridized carbons (Fsp3) is 0.900. The number of nitrogens with one attached hydrogen (secondary N) is 1. The van der Waals surface area contributed by atoms with Gasteiger partial charge in [0.25, 0.3) is 0 Å². The van der Waals surface area contributed by atoms with Crippen LogP contribution in [-0.4, -0.2) is 62.8 Å². The van der Waals surface area contributed by atoms with E-state index in [4.69, 9.17) is 0 Å². The van der Waals surface area contributed by atoms with Crippen molar-refractivity contribution in [3.05, 3.63) is 5.82 Å². The number of tetrazole rings is 1. The highest BCUT2D eigenvalue weighted by atomic mass is 32.2. The van der Waals surface area contributed by atoms with E-state index in [0.29, 0.717) is 0 Å². The highest BCUT2D eigenvalue weighted by molar-refractivity contribution is 7.99. The topological polar surface area (TPSA) is 58.9 Å². The Kier molecular flexibility index (Phi) is 5.21. The van der Waals surface area contributed by atoms with Gasteiger partial charge in [0, 0.05) is 31.1 Å². The van der Waals surface area contributed by atoms with Gasteiger partial charge in [-0.05, 0) is 17.0 Å². The molecule has 1 N–H and O–H groups in total. The van der Waals surface area contributed by atoms with Crippen molar-refractivity contribution in [1.29, 1.82) is 0 Å². The van der Waals surface area contributed by atoms with Gasteiger partial charge in [0.05, 0.1) is 13.1 Å². The monoisotopic (exact) mass is 256 g/mol. The SMILES string of the molecule is CCNCc1nnnn1CCN1CCSCC1. The average Bonchev–Trinajstić information content (AvgIpc) is 2.82. The lowest BCUT2D eigenvalue weighted by Gasteiger charge is -2.25. The summed E-state index contributed by atoms with van der Waals surface area (Å²) in [5.74, 6) is 3.43. The quantitative estimate of drug-likeness (QED) is 0.763. The first-order valence-electron chi connectivity index (χ1n) is 6.16. The van der Waals surface area contributed by atoms with E-state index in [1.54, 1.807) is 0 Å². The van der Waals surface area contributed by atoms with Gasteiger partial charge < -0.3 is 5.32 Å². The predicted octanol–water partition coefficient (Wildman–Crippen LogP) is -0.169. The van der Waals surface area contributed by atoms with E-state index in [1.807, 2.05) is 16.4 Å². The fourth-order valence-corrected chi connectivity index (χ4v) is 2.80. The summed E-state index contributed by atoms with van der Waals surface area (Å²) < 4.78 is 1.91. The molecule has 0 spiro atoms. The molecule has 0 atom stereocenters. The summed E-state index contributed by atoms with van der Waals surface area (Å²) in [4.78, 5) is 2.48. The van der Waals surface area contributed by atoms with Gasteiger partial charge in [-0.3, -0.25) is 4.90 Å². The Morgan fingerprint density at radius 2 is 2.12 bits per heavy atom. The molecule has 17 heavy (non-hydrogen) atoms. The van der Waals surface area contributed by atoms with E-state index in [2.05, 4.69) is 32.7 Å². The smallest absolute Gasteiger partial charge is 0.165 e. The first-order valence-corrected chi connectivity index (χ1v) is 7.31. The Hall–Kier alpha value is -0.660. The van der Waals surface area contributed by atoms with Gasteiger partial charge in [0.1, 0.15) is 0 Å². The average molecular weight is 256 g/mol. The third-order valence-corrected chi connectivity index (χ3v) is 3.81. The molecule has 96 valence electrons. The van der Waals surface area contributed by atoms with Crippen molar-refractivity contribution in [2.24, 2.45) is 0 Å². The molecule has 1 aromatic rings. The van der Waals surface area contributed by atoms with E-state index < -0.39 is 0 Å². The third-order valence-electron chi connectivity index (χ3n) is 2.87. The summed E-state index contributed by atoms with van der Waals surface area (Å²) >= 11 is 2.04. The first-order chi connectivity index (χ1) is 8.40. The highest BCUT2D eigenvalue weighted by Gasteiger charge is 2.11. The van der Waals surface area contributed by atoms with Crippen LogP contribution in [0.1, 0.15) is 12.7 Å². The number of hydrogen-bond acceptors (Lipinski definition) is 6. The van der Waals surface area contributed by atoms with E-state index in [1.165, 1.54) is 24.6 Å². The molecule has 1 fully saturated rings. The lowest BCUT2D eigenvalue weighted by atomic mass is 10.4. The Labute approximate surface area is 106 Å². The van der Waals surface area contributed by atoms with Gasteiger partial charge in [-0.15, -0.1) is 5.10 Å². The van der Waals surface area contributed by atoms with Crippen LogP contribution >= 0.6 is 11.8 Å². The van der Waals surface area contributed by atoms with Crippen molar-refractivity contribution in [1.82, 2.24) is 30.4 Å². The van der Waals surface area contributed by atoms with E-state index in [-0.39, 0.29) is 0 Å². The maximum absolute atomic E-state index is 4.04. The number of aromatic nitrogens is 4. The van der Waals surface area contributed by atoms with Gasteiger partial charge in [-0.25, -0.2) is 4.68 Å². The maximum atomic E-state index is 4.04. The Morgan fingerprint density at radius 3 is 2.88 bits per heavy atom. The lowest BCUT2D eigenvalue weighted by Crippen LogP contribution is -2.35.